The average Bonchev–Trinajstić information content (AvgIpc) is 3.32. The zero-order chi connectivity index (χ0) is 26.8. The lowest BCUT2D eigenvalue weighted by Gasteiger charge is -2.28. The van der Waals surface area contributed by atoms with Crippen molar-refractivity contribution in [1.82, 2.24) is 20.3 Å². The number of thiocarbonyl (C=S) groups is 1. The minimum Gasteiger partial charge on any atom is -0.366 e. The molecule has 0 bridgehead atoms. The zero-order valence-corrected chi connectivity index (χ0v) is 21.3. The van der Waals surface area contributed by atoms with Crippen LogP contribution in [0.1, 0.15) is 35.2 Å². The van der Waals surface area contributed by atoms with Gasteiger partial charge >= 0.3 is 0 Å². The molecule has 0 radical (unpaired) electrons. The van der Waals surface area contributed by atoms with Crippen LogP contribution in [0.2, 0.25) is 0 Å². The highest BCUT2D eigenvalue weighted by atomic mass is 32.1. The van der Waals surface area contributed by atoms with Crippen molar-refractivity contribution in [2.45, 2.75) is 26.2 Å². The molecule has 3 aromatic carbocycles. The maximum Gasteiger partial charge on any atom is 0.293 e. The van der Waals surface area contributed by atoms with E-state index in [1.165, 1.54) is 23.0 Å². The van der Waals surface area contributed by atoms with Crippen LogP contribution >= 0.6 is 12.2 Å². The van der Waals surface area contributed by atoms with Gasteiger partial charge in [-0.2, -0.15) is 4.80 Å². The summed E-state index contributed by atoms with van der Waals surface area (Å²) in [6.07, 6.45) is 3.06. The summed E-state index contributed by atoms with van der Waals surface area (Å²) in [5, 5.41) is 26.2. The molecule has 1 aliphatic rings. The van der Waals surface area contributed by atoms with E-state index in [0.29, 0.717) is 28.1 Å². The molecule has 0 unspecified atom stereocenters. The molecule has 1 aliphatic heterocycles. The third kappa shape index (κ3) is 5.30. The molecule has 1 aromatic heterocycles. The second kappa shape index (κ2) is 10.5. The molecule has 1 fully saturated rings. The molecule has 12 heteroatoms. The maximum absolute atomic E-state index is 13.3. The lowest BCUT2D eigenvalue weighted by atomic mass is 10.1. The van der Waals surface area contributed by atoms with Gasteiger partial charge in [-0.25, -0.2) is 4.39 Å². The van der Waals surface area contributed by atoms with Crippen molar-refractivity contribution in [2.75, 3.05) is 23.3 Å². The van der Waals surface area contributed by atoms with Crippen LogP contribution < -0.4 is 15.5 Å². The number of nitro benzene ring substituents is 1. The standard InChI is InChI=1S/C26H24FN7O3S/c1-16-13-21-22(31-33(30-21)19-8-6-18(27)7-9-19)15-20(16)28-26(38)29-25(35)17-5-10-23(24(14-17)34(36)37)32-11-3-2-4-12-32/h5-10,13-15H,2-4,11-12H2,1H3,(H2,28,29,35,38). The van der Waals surface area contributed by atoms with Gasteiger partial charge in [-0.1, -0.05) is 0 Å². The number of nitrogens with zero attached hydrogens (tertiary/aromatic N) is 5. The van der Waals surface area contributed by atoms with E-state index >= 15 is 0 Å². The summed E-state index contributed by atoms with van der Waals surface area (Å²) >= 11 is 5.34. The Bertz CT molecular complexity index is 1550. The normalized spacial score (nSPS) is 13.4. The first-order chi connectivity index (χ1) is 18.3. The van der Waals surface area contributed by atoms with E-state index < -0.39 is 10.8 Å². The van der Waals surface area contributed by atoms with Gasteiger partial charge in [0.2, 0.25) is 0 Å². The Morgan fingerprint density at radius 3 is 2.39 bits per heavy atom. The SMILES string of the molecule is Cc1cc2nn(-c3ccc(F)cc3)nc2cc1NC(=S)NC(=O)c1ccc(N2CCCCC2)c([N+](=O)[O-])c1. The summed E-state index contributed by atoms with van der Waals surface area (Å²) in [6.45, 7) is 3.36. The number of hydrogen-bond donors (Lipinski definition) is 2. The van der Waals surface area contributed by atoms with Crippen LogP contribution in [0, 0.1) is 22.9 Å². The molecule has 0 spiro atoms. The fourth-order valence-electron chi connectivity index (χ4n) is 4.43. The number of amides is 1. The summed E-state index contributed by atoms with van der Waals surface area (Å²) in [5.41, 5.74) is 3.78. The molecule has 4 aromatic rings. The molecule has 2 N–H and O–H groups in total. The topological polar surface area (TPSA) is 118 Å². The first-order valence-corrected chi connectivity index (χ1v) is 12.5. The highest BCUT2D eigenvalue weighted by Crippen LogP contribution is 2.31. The smallest absolute Gasteiger partial charge is 0.293 e. The summed E-state index contributed by atoms with van der Waals surface area (Å²) in [6, 6.07) is 13.9. The average molecular weight is 534 g/mol. The summed E-state index contributed by atoms with van der Waals surface area (Å²) in [4.78, 5) is 27.5. The van der Waals surface area contributed by atoms with Crippen LogP contribution in [0.4, 0.5) is 21.5 Å². The van der Waals surface area contributed by atoms with Crippen molar-refractivity contribution in [1.29, 1.82) is 0 Å². The van der Waals surface area contributed by atoms with E-state index in [2.05, 4.69) is 20.8 Å². The Morgan fingerprint density at radius 2 is 1.71 bits per heavy atom. The van der Waals surface area contributed by atoms with Crippen molar-refractivity contribution in [3.05, 3.63) is 81.7 Å². The number of hydrogen-bond acceptors (Lipinski definition) is 7. The first-order valence-electron chi connectivity index (χ1n) is 12.1. The van der Waals surface area contributed by atoms with E-state index in [9.17, 15) is 19.3 Å². The van der Waals surface area contributed by atoms with Gasteiger partial charge in [0, 0.05) is 30.4 Å². The predicted molar refractivity (Wildman–Crippen MR) is 146 cm³/mol. The van der Waals surface area contributed by atoms with Gasteiger partial charge < -0.3 is 10.2 Å². The molecule has 2 heterocycles. The Labute approximate surface area is 222 Å². The lowest BCUT2D eigenvalue weighted by Crippen LogP contribution is -2.34. The van der Waals surface area contributed by atoms with Crippen LogP contribution in [0.5, 0.6) is 0 Å². The number of halogens is 1. The molecule has 194 valence electrons. The third-order valence-corrected chi connectivity index (χ3v) is 6.59. The van der Waals surface area contributed by atoms with Crippen molar-refractivity contribution in [3.63, 3.8) is 0 Å². The van der Waals surface area contributed by atoms with Crippen LogP contribution in [0.15, 0.2) is 54.6 Å². The Hall–Kier alpha value is -4.45. The molecule has 0 aliphatic carbocycles. The molecular formula is C26H24FN7O3S. The minimum absolute atomic E-state index is 0.0335. The number of benzene rings is 3. The number of aromatic nitrogens is 3. The number of nitro groups is 1. The fraction of sp³-hybridized carbons (Fsp3) is 0.231. The van der Waals surface area contributed by atoms with E-state index in [-0.39, 0.29) is 22.2 Å². The quantitative estimate of drug-likeness (QED) is 0.211. The number of carbonyl (C=O) groups excluding carboxylic acids is 1. The van der Waals surface area contributed by atoms with E-state index in [0.717, 1.165) is 37.9 Å². The van der Waals surface area contributed by atoms with Crippen LogP contribution in [-0.2, 0) is 0 Å². The van der Waals surface area contributed by atoms with Gasteiger partial charge in [-0.05, 0) is 92.5 Å². The number of piperidine rings is 1. The molecular weight excluding hydrogens is 509 g/mol. The molecule has 1 amide bonds. The number of nitrogens with one attached hydrogen (secondary N) is 2. The number of anilines is 2. The summed E-state index contributed by atoms with van der Waals surface area (Å²) in [7, 11) is 0. The zero-order valence-electron chi connectivity index (χ0n) is 20.5. The van der Waals surface area contributed by atoms with Crippen molar-refractivity contribution in [2.24, 2.45) is 0 Å². The second-order valence-electron chi connectivity index (χ2n) is 9.04. The number of carbonyl (C=O) groups is 1. The van der Waals surface area contributed by atoms with Gasteiger partial charge in [0.25, 0.3) is 11.6 Å². The predicted octanol–water partition coefficient (Wildman–Crippen LogP) is 4.89. The molecule has 10 nitrogen and oxygen atoms in total. The van der Waals surface area contributed by atoms with Crippen molar-refractivity contribution >= 4 is 51.3 Å². The highest BCUT2D eigenvalue weighted by Gasteiger charge is 2.23. The molecule has 38 heavy (non-hydrogen) atoms. The molecule has 0 atom stereocenters. The van der Waals surface area contributed by atoms with Gasteiger partial charge in [0.05, 0.1) is 10.6 Å². The van der Waals surface area contributed by atoms with E-state index in [1.54, 1.807) is 30.3 Å². The van der Waals surface area contributed by atoms with Gasteiger partial charge in [-0.15, -0.1) is 10.2 Å². The van der Waals surface area contributed by atoms with Crippen molar-refractivity contribution < 1.29 is 14.1 Å². The second-order valence-corrected chi connectivity index (χ2v) is 9.45. The summed E-state index contributed by atoms with van der Waals surface area (Å²) < 4.78 is 13.3. The first kappa shape index (κ1) is 25.2. The monoisotopic (exact) mass is 533 g/mol. The number of fused-ring (bicyclic) bond motifs is 1. The number of aryl methyl sites for hydroxylation is 1. The van der Waals surface area contributed by atoms with E-state index in [1.807, 2.05) is 17.9 Å². The Kier molecular flexibility index (Phi) is 6.97. The minimum atomic E-state index is -0.559. The molecule has 5 rings (SSSR count). The van der Waals surface area contributed by atoms with Gasteiger partial charge in [0.15, 0.2) is 5.11 Å². The summed E-state index contributed by atoms with van der Waals surface area (Å²) in [5.74, 6) is -0.910. The maximum atomic E-state index is 13.3. The van der Waals surface area contributed by atoms with Gasteiger partial charge in [0.1, 0.15) is 22.5 Å². The van der Waals surface area contributed by atoms with Crippen LogP contribution in [0.3, 0.4) is 0 Å². The molecule has 0 saturated carbocycles. The lowest BCUT2D eigenvalue weighted by molar-refractivity contribution is -0.384. The van der Waals surface area contributed by atoms with Crippen molar-refractivity contribution in [3.8, 4) is 5.69 Å². The highest BCUT2D eigenvalue weighted by molar-refractivity contribution is 7.80. The Balaban J connectivity index is 1.31. The largest absolute Gasteiger partial charge is 0.366 e. The Morgan fingerprint density at radius 1 is 1.03 bits per heavy atom. The van der Waals surface area contributed by atoms with E-state index in [4.69, 9.17) is 12.2 Å². The third-order valence-electron chi connectivity index (χ3n) is 6.39. The van der Waals surface area contributed by atoms with Gasteiger partial charge in [-0.3, -0.25) is 20.2 Å². The van der Waals surface area contributed by atoms with Crippen LogP contribution in [0.25, 0.3) is 16.7 Å². The fourth-order valence-corrected chi connectivity index (χ4v) is 4.64. The molecule has 1 saturated heterocycles. The number of rotatable bonds is 5. The van der Waals surface area contributed by atoms with Crippen LogP contribution in [-0.4, -0.2) is 44.0 Å².